The van der Waals surface area contributed by atoms with E-state index in [1.54, 1.807) is 7.05 Å². The summed E-state index contributed by atoms with van der Waals surface area (Å²) in [5.41, 5.74) is -5.24. The standard InChI is InChI=1S/C12H19F3N4O2S/c1-3-6-17-11(16-2)18-9-10-4-7-19(8-5-10)22(20,21)12(13,14)15/h1,10H,4-9H2,2H3,(H2,16,17,18). The van der Waals surface area contributed by atoms with E-state index < -0.39 is 15.5 Å². The summed E-state index contributed by atoms with van der Waals surface area (Å²) in [5, 5.41) is 5.87. The highest BCUT2D eigenvalue weighted by Gasteiger charge is 2.50. The molecular weight excluding hydrogens is 321 g/mol. The maximum Gasteiger partial charge on any atom is 0.511 e. The Labute approximate surface area is 128 Å². The molecule has 0 radical (unpaired) electrons. The zero-order valence-electron chi connectivity index (χ0n) is 12.2. The molecule has 126 valence electrons. The predicted octanol–water partition coefficient (Wildman–Crippen LogP) is 0.346. The molecule has 1 aliphatic rings. The smallest absolute Gasteiger partial charge is 0.356 e. The number of aliphatic imine (C=N–C) groups is 1. The second-order valence-corrected chi connectivity index (χ2v) is 6.73. The molecule has 0 spiro atoms. The van der Waals surface area contributed by atoms with Crippen molar-refractivity contribution >= 4 is 16.0 Å². The Morgan fingerprint density at radius 3 is 2.41 bits per heavy atom. The zero-order chi connectivity index (χ0) is 16.8. The molecule has 0 saturated carbocycles. The predicted molar refractivity (Wildman–Crippen MR) is 77.5 cm³/mol. The molecule has 0 atom stereocenters. The van der Waals surface area contributed by atoms with Gasteiger partial charge in [0, 0.05) is 26.7 Å². The molecule has 0 amide bonds. The zero-order valence-corrected chi connectivity index (χ0v) is 13.0. The highest BCUT2D eigenvalue weighted by atomic mass is 32.2. The Morgan fingerprint density at radius 2 is 1.95 bits per heavy atom. The van der Waals surface area contributed by atoms with Crippen LogP contribution in [0.4, 0.5) is 13.2 Å². The van der Waals surface area contributed by atoms with Gasteiger partial charge in [-0.3, -0.25) is 4.99 Å². The third-order valence-corrected chi connectivity index (χ3v) is 4.98. The fourth-order valence-electron chi connectivity index (χ4n) is 2.10. The number of nitrogens with zero attached hydrogens (tertiary/aromatic N) is 2. The minimum absolute atomic E-state index is 0.0732. The number of rotatable bonds is 4. The van der Waals surface area contributed by atoms with Gasteiger partial charge in [-0.2, -0.15) is 17.5 Å². The monoisotopic (exact) mass is 340 g/mol. The molecule has 2 N–H and O–H groups in total. The molecule has 1 saturated heterocycles. The maximum atomic E-state index is 12.5. The number of hydrogen-bond donors (Lipinski definition) is 2. The molecule has 0 bridgehead atoms. The molecule has 1 heterocycles. The Morgan fingerprint density at radius 1 is 1.36 bits per heavy atom. The van der Waals surface area contributed by atoms with Crippen LogP contribution in [0.25, 0.3) is 0 Å². The summed E-state index contributed by atoms with van der Waals surface area (Å²) >= 11 is 0. The number of nitrogens with one attached hydrogen (secondary N) is 2. The Kier molecular flexibility index (Phi) is 6.49. The normalized spacial score (nSPS) is 18.8. The first-order chi connectivity index (χ1) is 10.2. The first-order valence-electron chi connectivity index (χ1n) is 6.66. The van der Waals surface area contributed by atoms with Gasteiger partial charge in [0.1, 0.15) is 0 Å². The van der Waals surface area contributed by atoms with Crippen LogP contribution in [-0.2, 0) is 10.0 Å². The summed E-state index contributed by atoms with van der Waals surface area (Å²) < 4.78 is 60.4. The molecule has 1 aliphatic heterocycles. The van der Waals surface area contributed by atoms with E-state index in [1.807, 2.05) is 0 Å². The highest BCUT2D eigenvalue weighted by Crippen LogP contribution is 2.30. The summed E-state index contributed by atoms with van der Waals surface area (Å²) in [6, 6.07) is 0. The van der Waals surface area contributed by atoms with Crippen molar-refractivity contribution < 1.29 is 21.6 Å². The van der Waals surface area contributed by atoms with E-state index in [2.05, 4.69) is 21.5 Å². The van der Waals surface area contributed by atoms with E-state index in [0.29, 0.717) is 36.2 Å². The minimum Gasteiger partial charge on any atom is -0.356 e. The first kappa shape index (κ1) is 18.6. The molecule has 6 nitrogen and oxygen atoms in total. The molecule has 0 aromatic carbocycles. The Hall–Kier alpha value is -1.47. The molecule has 0 aliphatic carbocycles. The molecule has 0 aromatic rings. The van der Waals surface area contributed by atoms with E-state index in [9.17, 15) is 21.6 Å². The van der Waals surface area contributed by atoms with E-state index in [-0.39, 0.29) is 19.0 Å². The fraction of sp³-hybridized carbons (Fsp3) is 0.750. The molecule has 0 aromatic heterocycles. The number of halogens is 3. The van der Waals surface area contributed by atoms with Crippen molar-refractivity contribution in [3.05, 3.63) is 0 Å². The molecule has 1 fully saturated rings. The lowest BCUT2D eigenvalue weighted by Crippen LogP contribution is -2.47. The van der Waals surface area contributed by atoms with Crippen LogP contribution in [0.5, 0.6) is 0 Å². The van der Waals surface area contributed by atoms with Gasteiger partial charge in [-0.15, -0.1) is 6.42 Å². The molecule has 0 unspecified atom stereocenters. The van der Waals surface area contributed by atoms with Crippen LogP contribution in [-0.4, -0.2) is 57.4 Å². The summed E-state index contributed by atoms with van der Waals surface area (Å²) in [6.07, 6.45) is 5.82. The van der Waals surface area contributed by atoms with Gasteiger partial charge in [0.15, 0.2) is 5.96 Å². The Balaban J connectivity index is 2.45. The second-order valence-electron chi connectivity index (χ2n) is 4.80. The van der Waals surface area contributed by atoms with Crippen molar-refractivity contribution in [1.29, 1.82) is 0 Å². The van der Waals surface area contributed by atoms with Crippen LogP contribution < -0.4 is 10.6 Å². The van der Waals surface area contributed by atoms with Gasteiger partial charge in [-0.1, -0.05) is 5.92 Å². The molecule has 22 heavy (non-hydrogen) atoms. The lowest BCUT2D eigenvalue weighted by molar-refractivity contribution is -0.0496. The van der Waals surface area contributed by atoms with Crippen molar-refractivity contribution in [1.82, 2.24) is 14.9 Å². The van der Waals surface area contributed by atoms with Crippen LogP contribution in [0.2, 0.25) is 0 Å². The topological polar surface area (TPSA) is 73.8 Å². The third-order valence-electron chi connectivity index (χ3n) is 3.35. The van der Waals surface area contributed by atoms with Gasteiger partial charge in [-0.05, 0) is 18.8 Å². The van der Waals surface area contributed by atoms with Crippen molar-refractivity contribution in [3.8, 4) is 12.3 Å². The lowest BCUT2D eigenvalue weighted by atomic mass is 9.98. The molecule has 1 rings (SSSR count). The lowest BCUT2D eigenvalue weighted by Gasteiger charge is -2.31. The van der Waals surface area contributed by atoms with Gasteiger partial charge < -0.3 is 10.6 Å². The van der Waals surface area contributed by atoms with E-state index in [1.165, 1.54) is 0 Å². The summed E-state index contributed by atoms with van der Waals surface area (Å²) in [5.74, 6) is 2.97. The maximum absolute atomic E-state index is 12.5. The third kappa shape index (κ3) is 4.78. The van der Waals surface area contributed by atoms with Gasteiger partial charge >= 0.3 is 15.5 Å². The molecule has 10 heteroatoms. The summed E-state index contributed by atoms with van der Waals surface area (Å²) in [6.45, 7) is 0.529. The number of terminal acetylenes is 1. The van der Waals surface area contributed by atoms with Crippen LogP contribution in [0, 0.1) is 18.3 Å². The average molecular weight is 340 g/mol. The van der Waals surface area contributed by atoms with Crippen LogP contribution in [0.3, 0.4) is 0 Å². The Bertz CT molecular complexity index is 532. The van der Waals surface area contributed by atoms with Crippen molar-refractivity contribution in [2.24, 2.45) is 10.9 Å². The van der Waals surface area contributed by atoms with Crippen molar-refractivity contribution in [3.63, 3.8) is 0 Å². The largest absolute Gasteiger partial charge is 0.511 e. The SMILES string of the molecule is C#CCNC(=NC)NCC1CCN(S(=O)(=O)C(F)(F)F)CC1. The average Bonchev–Trinajstić information content (AvgIpc) is 2.47. The summed E-state index contributed by atoms with van der Waals surface area (Å²) in [4.78, 5) is 3.94. The summed E-state index contributed by atoms with van der Waals surface area (Å²) in [7, 11) is -3.64. The first-order valence-corrected chi connectivity index (χ1v) is 8.10. The van der Waals surface area contributed by atoms with E-state index in [0.717, 1.165) is 0 Å². The highest BCUT2D eigenvalue weighted by molar-refractivity contribution is 7.90. The second kappa shape index (κ2) is 7.69. The van der Waals surface area contributed by atoms with Crippen LogP contribution >= 0.6 is 0 Å². The van der Waals surface area contributed by atoms with E-state index >= 15 is 0 Å². The van der Waals surface area contributed by atoms with Gasteiger partial charge in [0.2, 0.25) is 0 Å². The number of guanidine groups is 1. The number of sulfonamides is 1. The van der Waals surface area contributed by atoms with Crippen molar-refractivity contribution in [2.45, 2.75) is 18.3 Å². The molecular formula is C12H19F3N4O2S. The van der Waals surface area contributed by atoms with Gasteiger partial charge in [-0.25, -0.2) is 8.42 Å². The number of alkyl halides is 3. The van der Waals surface area contributed by atoms with Crippen LogP contribution in [0.15, 0.2) is 4.99 Å². The van der Waals surface area contributed by atoms with Gasteiger partial charge in [0.05, 0.1) is 6.54 Å². The number of hydrogen-bond acceptors (Lipinski definition) is 3. The van der Waals surface area contributed by atoms with Crippen LogP contribution in [0.1, 0.15) is 12.8 Å². The number of piperidine rings is 1. The fourth-order valence-corrected chi connectivity index (χ4v) is 3.08. The van der Waals surface area contributed by atoms with Gasteiger partial charge in [0.25, 0.3) is 0 Å². The van der Waals surface area contributed by atoms with Crippen molar-refractivity contribution in [2.75, 3.05) is 33.2 Å². The quantitative estimate of drug-likeness (QED) is 0.440. The van der Waals surface area contributed by atoms with E-state index in [4.69, 9.17) is 6.42 Å². The minimum atomic E-state index is -5.24.